The number of aliphatic imine (C=N–C) groups is 1. The fourth-order valence-corrected chi connectivity index (χ4v) is 4.01. The van der Waals surface area contributed by atoms with Crippen molar-refractivity contribution in [2.24, 2.45) is 4.99 Å². The lowest BCUT2D eigenvalue weighted by Crippen LogP contribution is -2.48. The number of methoxy groups -OCH3 is 1. The van der Waals surface area contributed by atoms with Gasteiger partial charge in [-0.3, -0.25) is 4.99 Å². The highest BCUT2D eigenvalue weighted by Gasteiger charge is 2.34. The zero-order valence-electron chi connectivity index (χ0n) is 18.2. The predicted octanol–water partition coefficient (Wildman–Crippen LogP) is 4.08. The van der Waals surface area contributed by atoms with E-state index in [0.717, 1.165) is 57.3 Å². The molecule has 30 heavy (non-hydrogen) atoms. The van der Waals surface area contributed by atoms with Gasteiger partial charge in [0.1, 0.15) is 5.75 Å². The van der Waals surface area contributed by atoms with E-state index in [1.54, 1.807) is 7.11 Å². The maximum atomic E-state index is 5.64. The van der Waals surface area contributed by atoms with Gasteiger partial charge in [0, 0.05) is 38.8 Å². The Hall–Kier alpha value is -1.80. The summed E-state index contributed by atoms with van der Waals surface area (Å²) in [5.41, 5.74) is 3.90. The summed E-state index contributed by atoms with van der Waals surface area (Å²) in [6.07, 6.45) is 2.91. The van der Waals surface area contributed by atoms with E-state index in [4.69, 9.17) is 9.47 Å². The molecule has 3 rings (SSSR count). The van der Waals surface area contributed by atoms with Gasteiger partial charge in [-0.1, -0.05) is 48.0 Å². The largest absolute Gasteiger partial charge is 0.496 e. The summed E-state index contributed by atoms with van der Waals surface area (Å²) in [6, 6.07) is 17.1. The van der Waals surface area contributed by atoms with Crippen LogP contribution in [0.25, 0.3) is 0 Å². The summed E-state index contributed by atoms with van der Waals surface area (Å²) < 4.78 is 11.1. The van der Waals surface area contributed by atoms with E-state index in [-0.39, 0.29) is 29.4 Å². The molecule has 6 heteroatoms. The first-order valence-corrected chi connectivity index (χ1v) is 10.4. The Morgan fingerprint density at radius 2 is 1.83 bits per heavy atom. The Morgan fingerprint density at radius 1 is 1.10 bits per heavy atom. The fourth-order valence-electron chi connectivity index (χ4n) is 4.01. The standard InChI is InChI=1S/C24H33N3O2.HI/c1-19-9-10-22(28-3)20(17-19)11-14-26-23(25-2)27-18-24(12-15-29-16-13-24)21-7-5-4-6-8-21;/h4-10,17H,11-16,18H2,1-3H3,(H2,25,26,27);1H. The molecule has 1 heterocycles. The minimum Gasteiger partial charge on any atom is -0.496 e. The van der Waals surface area contributed by atoms with Crippen LogP contribution in [0.5, 0.6) is 5.75 Å². The van der Waals surface area contributed by atoms with Gasteiger partial charge in [-0.25, -0.2) is 0 Å². The first-order valence-electron chi connectivity index (χ1n) is 10.4. The van der Waals surface area contributed by atoms with Gasteiger partial charge in [0.25, 0.3) is 0 Å². The highest BCUT2D eigenvalue weighted by Crippen LogP contribution is 2.34. The number of nitrogens with one attached hydrogen (secondary N) is 2. The topological polar surface area (TPSA) is 54.9 Å². The van der Waals surface area contributed by atoms with Crippen molar-refractivity contribution in [3.8, 4) is 5.75 Å². The smallest absolute Gasteiger partial charge is 0.191 e. The Morgan fingerprint density at radius 3 is 2.50 bits per heavy atom. The van der Waals surface area contributed by atoms with Crippen LogP contribution in [0.1, 0.15) is 29.5 Å². The molecule has 0 unspecified atom stereocenters. The van der Waals surface area contributed by atoms with E-state index in [1.165, 1.54) is 16.7 Å². The molecule has 0 aliphatic carbocycles. The van der Waals surface area contributed by atoms with E-state index in [0.29, 0.717) is 0 Å². The van der Waals surface area contributed by atoms with Crippen LogP contribution in [-0.2, 0) is 16.6 Å². The third-order valence-electron chi connectivity index (χ3n) is 5.78. The Balaban J connectivity index is 0.00000320. The van der Waals surface area contributed by atoms with Crippen LogP contribution in [0.4, 0.5) is 0 Å². The van der Waals surface area contributed by atoms with Gasteiger partial charge in [0.15, 0.2) is 5.96 Å². The number of benzene rings is 2. The molecule has 1 fully saturated rings. The summed E-state index contributed by atoms with van der Waals surface area (Å²) in [6.45, 7) is 5.34. The number of hydrogen-bond acceptors (Lipinski definition) is 3. The summed E-state index contributed by atoms with van der Waals surface area (Å²) >= 11 is 0. The van der Waals surface area contributed by atoms with Crippen LogP contribution in [-0.4, -0.2) is 46.4 Å². The van der Waals surface area contributed by atoms with Crippen molar-refractivity contribution in [1.29, 1.82) is 0 Å². The van der Waals surface area contributed by atoms with Crippen LogP contribution < -0.4 is 15.4 Å². The number of rotatable bonds is 7. The third-order valence-corrected chi connectivity index (χ3v) is 5.78. The summed E-state index contributed by atoms with van der Waals surface area (Å²) in [4.78, 5) is 4.42. The van der Waals surface area contributed by atoms with Crippen molar-refractivity contribution >= 4 is 29.9 Å². The van der Waals surface area contributed by atoms with E-state index in [9.17, 15) is 0 Å². The third kappa shape index (κ3) is 6.35. The predicted molar refractivity (Wildman–Crippen MR) is 134 cm³/mol. The SMILES string of the molecule is CN=C(NCCc1cc(C)ccc1OC)NCC1(c2ccccc2)CCOCC1.I. The van der Waals surface area contributed by atoms with Gasteiger partial charge < -0.3 is 20.1 Å². The molecule has 0 aromatic heterocycles. The van der Waals surface area contributed by atoms with E-state index < -0.39 is 0 Å². The normalized spacial score (nSPS) is 15.8. The van der Waals surface area contributed by atoms with E-state index in [1.807, 2.05) is 13.1 Å². The molecule has 2 N–H and O–H groups in total. The van der Waals surface area contributed by atoms with Crippen LogP contribution in [0.2, 0.25) is 0 Å². The first-order chi connectivity index (χ1) is 14.2. The number of ether oxygens (including phenoxy) is 2. The van der Waals surface area contributed by atoms with E-state index >= 15 is 0 Å². The van der Waals surface area contributed by atoms with Crippen LogP contribution in [0.3, 0.4) is 0 Å². The minimum atomic E-state index is 0. The molecule has 1 saturated heterocycles. The Bertz CT molecular complexity index is 805. The number of guanidine groups is 1. The second-order valence-corrected chi connectivity index (χ2v) is 7.68. The van der Waals surface area contributed by atoms with Crippen molar-refractivity contribution in [2.75, 3.05) is 40.5 Å². The van der Waals surface area contributed by atoms with Crippen LogP contribution in [0.15, 0.2) is 53.5 Å². The quantitative estimate of drug-likeness (QED) is 0.327. The lowest BCUT2D eigenvalue weighted by atomic mass is 9.74. The molecule has 0 spiro atoms. The van der Waals surface area contributed by atoms with Gasteiger partial charge in [-0.15, -0.1) is 24.0 Å². The monoisotopic (exact) mass is 523 g/mol. The van der Waals surface area contributed by atoms with Crippen molar-refractivity contribution in [3.05, 3.63) is 65.2 Å². The van der Waals surface area contributed by atoms with Crippen LogP contribution in [0, 0.1) is 6.92 Å². The summed E-state index contributed by atoms with van der Waals surface area (Å²) in [5, 5.41) is 7.01. The molecule has 2 aromatic rings. The molecule has 2 aromatic carbocycles. The maximum absolute atomic E-state index is 5.64. The molecule has 1 aliphatic rings. The molecule has 0 atom stereocenters. The van der Waals surface area contributed by atoms with Gasteiger partial charge in [0.2, 0.25) is 0 Å². The Kier molecular flexibility index (Phi) is 9.91. The summed E-state index contributed by atoms with van der Waals surface area (Å²) in [7, 11) is 3.54. The molecule has 1 aliphatic heterocycles. The molecular formula is C24H34IN3O2. The Labute approximate surface area is 197 Å². The molecule has 0 radical (unpaired) electrons. The van der Waals surface area contributed by atoms with Crippen molar-refractivity contribution in [2.45, 2.75) is 31.6 Å². The molecule has 0 amide bonds. The average Bonchev–Trinajstić information content (AvgIpc) is 2.77. The van der Waals surface area contributed by atoms with Gasteiger partial charge in [0.05, 0.1) is 7.11 Å². The lowest BCUT2D eigenvalue weighted by Gasteiger charge is -2.38. The van der Waals surface area contributed by atoms with Gasteiger partial charge >= 0.3 is 0 Å². The average molecular weight is 523 g/mol. The van der Waals surface area contributed by atoms with Crippen molar-refractivity contribution < 1.29 is 9.47 Å². The first kappa shape index (κ1) is 24.5. The zero-order valence-corrected chi connectivity index (χ0v) is 20.6. The molecular weight excluding hydrogens is 489 g/mol. The highest BCUT2D eigenvalue weighted by atomic mass is 127. The fraction of sp³-hybridized carbons (Fsp3) is 0.458. The summed E-state index contributed by atoms with van der Waals surface area (Å²) in [5.74, 6) is 1.77. The number of hydrogen-bond donors (Lipinski definition) is 2. The second-order valence-electron chi connectivity index (χ2n) is 7.68. The highest BCUT2D eigenvalue weighted by molar-refractivity contribution is 14.0. The van der Waals surface area contributed by atoms with Gasteiger partial charge in [-0.05, 0) is 43.4 Å². The van der Waals surface area contributed by atoms with Crippen molar-refractivity contribution in [1.82, 2.24) is 10.6 Å². The zero-order chi connectivity index (χ0) is 20.5. The second kappa shape index (κ2) is 12.2. The molecule has 0 saturated carbocycles. The molecule has 164 valence electrons. The van der Waals surface area contributed by atoms with E-state index in [2.05, 4.69) is 65.0 Å². The maximum Gasteiger partial charge on any atom is 0.191 e. The minimum absolute atomic E-state index is 0. The van der Waals surface area contributed by atoms with Crippen LogP contribution >= 0.6 is 24.0 Å². The number of nitrogens with zero attached hydrogens (tertiary/aromatic N) is 1. The number of aryl methyl sites for hydroxylation is 1. The lowest BCUT2D eigenvalue weighted by molar-refractivity contribution is 0.0514. The molecule has 5 nitrogen and oxygen atoms in total. The van der Waals surface area contributed by atoms with Crippen molar-refractivity contribution in [3.63, 3.8) is 0 Å². The number of halogens is 1. The molecule has 0 bridgehead atoms. The van der Waals surface area contributed by atoms with Gasteiger partial charge in [-0.2, -0.15) is 0 Å².